The van der Waals surface area contributed by atoms with E-state index in [1.54, 1.807) is 6.07 Å². The number of hydrogen-bond acceptors (Lipinski definition) is 1. The van der Waals surface area contributed by atoms with Gasteiger partial charge < -0.3 is 5.32 Å². The van der Waals surface area contributed by atoms with Crippen molar-refractivity contribution in [2.45, 2.75) is 39.5 Å². The molecule has 3 heteroatoms. The van der Waals surface area contributed by atoms with Crippen molar-refractivity contribution in [3.05, 3.63) is 35.6 Å². The molecule has 1 aromatic rings. The summed E-state index contributed by atoms with van der Waals surface area (Å²) in [7, 11) is 0. The number of amides is 1. The topological polar surface area (TPSA) is 29.1 Å². The molecular weight excluding hydrogens is 229 g/mol. The molecule has 0 heterocycles. The smallest absolute Gasteiger partial charge is 0.220 e. The van der Waals surface area contributed by atoms with Gasteiger partial charge in [-0.1, -0.05) is 32.0 Å². The van der Waals surface area contributed by atoms with Crippen molar-refractivity contribution in [1.82, 2.24) is 5.32 Å². The molecule has 0 saturated carbocycles. The van der Waals surface area contributed by atoms with Crippen LogP contribution in [0.15, 0.2) is 24.3 Å². The zero-order valence-corrected chi connectivity index (χ0v) is 11.2. The fourth-order valence-electron chi connectivity index (χ4n) is 1.81. The second-order valence-electron chi connectivity index (χ2n) is 5.00. The monoisotopic (exact) mass is 251 g/mol. The Balaban J connectivity index is 2.12. The quantitative estimate of drug-likeness (QED) is 0.740. The molecule has 0 bridgehead atoms. The maximum absolute atomic E-state index is 13.3. The molecule has 0 aliphatic heterocycles. The van der Waals surface area contributed by atoms with Crippen LogP contribution in [0.4, 0.5) is 4.39 Å². The fourth-order valence-corrected chi connectivity index (χ4v) is 1.81. The van der Waals surface area contributed by atoms with E-state index in [9.17, 15) is 9.18 Å². The first-order chi connectivity index (χ1) is 8.59. The third kappa shape index (κ3) is 5.80. The van der Waals surface area contributed by atoms with Gasteiger partial charge in [0.25, 0.3) is 0 Å². The largest absolute Gasteiger partial charge is 0.356 e. The van der Waals surface area contributed by atoms with Crippen LogP contribution in [0, 0.1) is 11.7 Å². The average Bonchev–Trinajstić information content (AvgIpc) is 2.30. The Morgan fingerprint density at radius 3 is 2.67 bits per heavy atom. The van der Waals surface area contributed by atoms with Gasteiger partial charge in [-0.15, -0.1) is 0 Å². The molecule has 0 aliphatic rings. The predicted molar refractivity (Wildman–Crippen MR) is 71.8 cm³/mol. The third-order valence-corrected chi connectivity index (χ3v) is 2.75. The van der Waals surface area contributed by atoms with Crippen molar-refractivity contribution in [2.75, 3.05) is 6.54 Å². The van der Waals surface area contributed by atoms with E-state index in [0.29, 0.717) is 18.9 Å². The number of unbranched alkanes of at least 4 members (excludes halogenated alkanes) is 1. The zero-order valence-electron chi connectivity index (χ0n) is 11.2. The van der Waals surface area contributed by atoms with Crippen molar-refractivity contribution in [1.29, 1.82) is 0 Å². The van der Waals surface area contributed by atoms with Crippen LogP contribution in [0.1, 0.15) is 38.7 Å². The Morgan fingerprint density at radius 2 is 2.00 bits per heavy atom. The van der Waals surface area contributed by atoms with E-state index in [-0.39, 0.29) is 11.7 Å². The number of nitrogens with one attached hydrogen (secondary N) is 1. The average molecular weight is 251 g/mol. The molecule has 0 atom stereocenters. The molecule has 2 nitrogen and oxygen atoms in total. The molecule has 1 N–H and O–H groups in total. The second kappa shape index (κ2) is 7.85. The Bertz CT molecular complexity index is 377. The van der Waals surface area contributed by atoms with Crippen molar-refractivity contribution >= 4 is 5.91 Å². The number of carbonyl (C=O) groups is 1. The molecule has 0 aliphatic carbocycles. The predicted octanol–water partition coefficient (Wildman–Crippen LogP) is 3.31. The number of rotatable bonds is 7. The van der Waals surface area contributed by atoms with Gasteiger partial charge in [0.05, 0.1) is 0 Å². The first kappa shape index (κ1) is 14.7. The van der Waals surface area contributed by atoms with Gasteiger partial charge in [-0.05, 0) is 36.8 Å². The highest BCUT2D eigenvalue weighted by atomic mass is 19.1. The van der Waals surface area contributed by atoms with Gasteiger partial charge in [0.2, 0.25) is 5.91 Å². The molecule has 1 amide bonds. The Labute approximate surface area is 109 Å². The van der Waals surface area contributed by atoms with Crippen LogP contribution in [0.5, 0.6) is 0 Å². The highest BCUT2D eigenvalue weighted by Gasteiger charge is 2.04. The van der Waals surface area contributed by atoms with E-state index in [4.69, 9.17) is 0 Å². The molecule has 0 unspecified atom stereocenters. The normalized spacial score (nSPS) is 10.7. The van der Waals surface area contributed by atoms with E-state index in [2.05, 4.69) is 5.32 Å². The summed E-state index contributed by atoms with van der Waals surface area (Å²) in [5, 5.41) is 2.88. The summed E-state index contributed by atoms with van der Waals surface area (Å²) in [5.41, 5.74) is 0.756. The zero-order chi connectivity index (χ0) is 13.4. The van der Waals surface area contributed by atoms with Crippen molar-refractivity contribution in [3.8, 4) is 0 Å². The van der Waals surface area contributed by atoms with Gasteiger partial charge in [0.1, 0.15) is 5.82 Å². The van der Waals surface area contributed by atoms with Gasteiger partial charge in [-0.25, -0.2) is 4.39 Å². The van der Waals surface area contributed by atoms with Crippen molar-refractivity contribution in [2.24, 2.45) is 5.92 Å². The minimum absolute atomic E-state index is 0.107. The summed E-state index contributed by atoms with van der Waals surface area (Å²) in [4.78, 5) is 11.4. The van der Waals surface area contributed by atoms with E-state index in [1.165, 1.54) is 6.07 Å². The summed E-state index contributed by atoms with van der Waals surface area (Å²) < 4.78 is 13.3. The molecule has 0 fully saturated rings. The van der Waals surface area contributed by atoms with Crippen LogP contribution in [0.25, 0.3) is 0 Å². The maximum atomic E-state index is 13.3. The lowest BCUT2D eigenvalue weighted by molar-refractivity contribution is -0.121. The van der Waals surface area contributed by atoms with Crippen LogP contribution in [0.2, 0.25) is 0 Å². The number of benzene rings is 1. The van der Waals surface area contributed by atoms with E-state index < -0.39 is 0 Å². The third-order valence-electron chi connectivity index (χ3n) is 2.75. The Kier molecular flexibility index (Phi) is 6.40. The summed E-state index contributed by atoms with van der Waals surface area (Å²) in [5.74, 6) is 0.362. The molecule has 0 saturated heterocycles. The van der Waals surface area contributed by atoms with Crippen LogP contribution in [-0.2, 0) is 11.2 Å². The lowest BCUT2D eigenvalue weighted by atomic mass is 10.1. The molecule has 0 radical (unpaired) electrons. The Hall–Kier alpha value is -1.38. The highest BCUT2D eigenvalue weighted by Crippen LogP contribution is 2.09. The first-order valence-electron chi connectivity index (χ1n) is 6.59. The summed E-state index contributed by atoms with van der Waals surface area (Å²) in [6, 6.07) is 6.85. The molecule has 0 spiro atoms. The van der Waals surface area contributed by atoms with Gasteiger partial charge >= 0.3 is 0 Å². The molecular formula is C15H22FNO. The van der Waals surface area contributed by atoms with E-state index in [1.807, 2.05) is 26.0 Å². The van der Waals surface area contributed by atoms with Gasteiger partial charge in [-0.3, -0.25) is 4.79 Å². The summed E-state index contributed by atoms with van der Waals surface area (Å²) in [6.07, 6.45) is 3.08. The minimum Gasteiger partial charge on any atom is -0.356 e. The van der Waals surface area contributed by atoms with Crippen LogP contribution in [-0.4, -0.2) is 12.5 Å². The summed E-state index contributed by atoms with van der Waals surface area (Å²) in [6.45, 7) is 4.73. The van der Waals surface area contributed by atoms with Crippen molar-refractivity contribution < 1.29 is 9.18 Å². The standard InChI is InChI=1S/C15H22FNO/c1-12(2)11-15(18)17-10-6-5-8-13-7-3-4-9-14(13)16/h3-4,7,9,12H,5-6,8,10-11H2,1-2H3,(H,17,18). The summed E-state index contributed by atoms with van der Waals surface area (Å²) >= 11 is 0. The van der Waals surface area contributed by atoms with E-state index in [0.717, 1.165) is 24.8 Å². The molecule has 18 heavy (non-hydrogen) atoms. The van der Waals surface area contributed by atoms with Crippen LogP contribution in [0.3, 0.4) is 0 Å². The lowest BCUT2D eigenvalue weighted by Crippen LogP contribution is -2.25. The molecule has 1 rings (SSSR count). The van der Waals surface area contributed by atoms with Crippen LogP contribution >= 0.6 is 0 Å². The van der Waals surface area contributed by atoms with E-state index >= 15 is 0 Å². The Morgan fingerprint density at radius 1 is 1.28 bits per heavy atom. The van der Waals surface area contributed by atoms with Gasteiger partial charge in [0, 0.05) is 13.0 Å². The number of carbonyl (C=O) groups excluding carboxylic acids is 1. The van der Waals surface area contributed by atoms with Crippen molar-refractivity contribution in [3.63, 3.8) is 0 Å². The fraction of sp³-hybridized carbons (Fsp3) is 0.533. The second-order valence-corrected chi connectivity index (χ2v) is 5.00. The lowest BCUT2D eigenvalue weighted by Gasteiger charge is -2.07. The number of halogens is 1. The van der Waals surface area contributed by atoms with Gasteiger partial charge in [0.15, 0.2) is 0 Å². The first-order valence-corrected chi connectivity index (χ1v) is 6.59. The van der Waals surface area contributed by atoms with Crippen LogP contribution < -0.4 is 5.32 Å². The highest BCUT2D eigenvalue weighted by molar-refractivity contribution is 5.75. The maximum Gasteiger partial charge on any atom is 0.220 e. The SMILES string of the molecule is CC(C)CC(=O)NCCCCc1ccccc1F. The molecule has 100 valence electrons. The van der Waals surface area contributed by atoms with Gasteiger partial charge in [-0.2, -0.15) is 0 Å². The molecule has 1 aromatic carbocycles. The minimum atomic E-state index is -0.138. The number of hydrogen-bond donors (Lipinski definition) is 1. The number of aryl methyl sites for hydroxylation is 1. The molecule has 0 aromatic heterocycles.